The van der Waals surface area contributed by atoms with Crippen LogP contribution in [-0.2, 0) is 11.8 Å². The molecule has 2 N–H and O–H groups in total. The average Bonchev–Trinajstić information content (AvgIpc) is 2.72. The van der Waals surface area contributed by atoms with Gasteiger partial charge in [-0.3, -0.25) is 9.59 Å². The van der Waals surface area contributed by atoms with Crippen molar-refractivity contribution in [2.24, 2.45) is 7.05 Å². The molecule has 0 bridgehead atoms. The lowest BCUT2D eigenvalue weighted by molar-refractivity contribution is -0.131. The Balaban J connectivity index is 2.43. The standard InChI is InChI=1S/C16H14F2N2O4/c1-7-12(14(21)16(23)24)8(2)20(3)13(7)15(22)19-9-4-5-10(17)11(18)6-9/h4-6H,1-3H3,(H,19,22)(H,23,24). The number of aliphatic carboxylic acids is 1. The zero-order valence-electron chi connectivity index (χ0n) is 13.1. The van der Waals surface area contributed by atoms with E-state index in [0.717, 1.165) is 12.1 Å². The summed E-state index contributed by atoms with van der Waals surface area (Å²) < 4.78 is 27.5. The molecule has 0 saturated carbocycles. The minimum Gasteiger partial charge on any atom is -0.475 e. The van der Waals surface area contributed by atoms with Gasteiger partial charge in [0, 0.05) is 24.5 Å². The molecule has 0 aliphatic heterocycles. The predicted octanol–water partition coefficient (Wildman–Crippen LogP) is 2.44. The van der Waals surface area contributed by atoms with E-state index in [9.17, 15) is 23.2 Å². The molecule has 1 heterocycles. The Morgan fingerprint density at radius 3 is 2.29 bits per heavy atom. The van der Waals surface area contributed by atoms with Crippen molar-refractivity contribution in [3.63, 3.8) is 0 Å². The van der Waals surface area contributed by atoms with Crippen LogP contribution < -0.4 is 5.32 Å². The topological polar surface area (TPSA) is 88.4 Å². The predicted molar refractivity (Wildman–Crippen MR) is 81.2 cm³/mol. The number of halogens is 2. The molecule has 2 rings (SSSR count). The molecule has 1 amide bonds. The minimum atomic E-state index is -1.63. The summed E-state index contributed by atoms with van der Waals surface area (Å²) in [6.45, 7) is 2.96. The maximum atomic E-state index is 13.2. The number of amides is 1. The number of hydrogen-bond donors (Lipinski definition) is 2. The zero-order valence-corrected chi connectivity index (χ0v) is 13.1. The number of aromatic nitrogens is 1. The monoisotopic (exact) mass is 336 g/mol. The summed E-state index contributed by atoms with van der Waals surface area (Å²) in [5.41, 5.74) is 0.531. The molecule has 0 fully saturated rings. The van der Waals surface area contributed by atoms with Crippen LogP contribution in [0.4, 0.5) is 14.5 Å². The molecule has 2 aromatic rings. The van der Waals surface area contributed by atoms with Crippen molar-refractivity contribution in [3.8, 4) is 0 Å². The van der Waals surface area contributed by atoms with Crippen molar-refractivity contribution in [3.05, 3.63) is 52.3 Å². The second kappa shape index (κ2) is 6.23. The molecular weight excluding hydrogens is 322 g/mol. The number of anilines is 1. The first-order chi connectivity index (χ1) is 11.1. The first-order valence-corrected chi connectivity index (χ1v) is 6.85. The summed E-state index contributed by atoms with van der Waals surface area (Å²) in [4.78, 5) is 35.1. The summed E-state index contributed by atoms with van der Waals surface area (Å²) in [5, 5.41) is 11.3. The number of carboxylic acid groups (broad SMARTS) is 1. The molecule has 0 aliphatic rings. The Kier molecular flexibility index (Phi) is 4.50. The molecular formula is C16H14F2N2O4. The molecule has 6 nitrogen and oxygen atoms in total. The van der Waals surface area contributed by atoms with Gasteiger partial charge < -0.3 is 15.0 Å². The SMILES string of the molecule is Cc1c(C(=O)C(=O)O)c(C)n(C)c1C(=O)Nc1ccc(F)c(F)c1. The number of ketones is 1. The van der Waals surface area contributed by atoms with Crippen LogP contribution in [-0.4, -0.2) is 27.3 Å². The van der Waals surface area contributed by atoms with Crippen molar-refractivity contribution in [1.82, 2.24) is 4.57 Å². The second-order valence-electron chi connectivity index (χ2n) is 5.21. The van der Waals surface area contributed by atoms with Crippen molar-refractivity contribution < 1.29 is 28.3 Å². The lowest BCUT2D eigenvalue weighted by Crippen LogP contribution is -2.17. The molecule has 0 radical (unpaired) electrons. The first kappa shape index (κ1) is 17.3. The number of nitrogens with zero attached hydrogens (tertiary/aromatic N) is 1. The Morgan fingerprint density at radius 2 is 1.75 bits per heavy atom. The highest BCUT2D eigenvalue weighted by Gasteiger charge is 2.28. The third kappa shape index (κ3) is 2.90. The van der Waals surface area contributed by atoms with Gasteiger partial charge in [0.15, 0.2) is 11.6 Å². The van der Waals surface area contributed by atoms with Gasteiger partial charge in [-0.25, -0.2) is 13.6 Å². The van der Waals surface area contributed by atoms with E-state index in [4.69, 9.17) is 5.11 Å². The lowest BCUT2D eigenvalue weighted by atomic mass is 10.1. The van der Waals surface area contributed by atoms with Crippen molar-refractivity contribution in [2.75, 3.05) is 5.32 Å². The van der Waals surface area contributed by atoms with Gasteiger partial charge >= 0.3 is 5.97 Å². The quantitative estimate of drug-likeness (QED) is 0.663. The molecule has 1 aromatic carbocycles. The Bertz CT molecular complexity index is 871. The van der Waals surface area contributed by atoms with Crippen LogP contribution in [0, 0.1) is 25.5 Å². The molecule has 0 spiro atoms. The Hall–Kier alpha value is -3.03. The molecule has 8 heteroatoms. The lowest BCUT2D eigenvalue weighted by Gasteiger charge is -2.08. The molecule has 0 aliphatic carbocycles. The van der Waals surface area contributed by atoms with Gasteiger partial charge in [0.05, 0.1) is 5.56 Å². The van der Waals surface area contributed by atoms with Gasteiger partial charge in [-0.05, 0) is 31.5 Å². The fourth-order valence-electron chi connectivity index (χ4n) is 2.51. The van der Waals surface area contributed by atoms with Gasteiger partial charge in [-0.2, -0.15) is 0 Å². The van der Waals surface area contributed by atoms with E-state index in [1.165, 1.54) is 31.5 Å². The van der Waals surface area contributed by atoms with Crippen LogP contribution in [0.2, 0.25) is 0 Å². The Labute approximate surface area is 135 Å². The smallest absolute Gasteiger partial charge is 0.377 e. The summed E-state index contributed by atoms with van der Waals surface area (Å²) in [6.07, 6.45) is 0. The first-order valence-electron chi connectivity index (χ1n) is 6.85. The average molecular weight is 336 g/mol. The summed E-state index contributed by atoms with van der Waals surface area (Å²) in [5.74, 6) is -5.58. The normalized spacial score (nSPS) is 10.5. The van der Waals surface area contributed by atoms with Crippen LogP contribution in [0.3, 0.4) is 0 Å². The highest BCUT2D eigenvalue weighted by Crippen LogP contribution is 2.23. The van der Waals surface area contributed by atoms with Crippen LogP contribution in [0.5, 0.6) is 0 Å². The maximum absolute atomic E-state index is 13.2. The molecule has 1 aromatic heterocycles. The minimum absolute atomic E-state index is 0.0308. The van der Waals surface area contributed by atoms with E-state index >= 15 is 0 Å². The van der Waals surface area contributed by atoms with Crippen LogP contribution in [0.1, 0.15) is 32.1 Å². The maximum Gasteiger partial charge on any atom is 0.377 e. The summed E-state index contributed by atoms with van der Waals surface area (Å²) >= 11 is 0. The van der Waals surface area contributed by atoms with Crippen LogP contribution in [0.25, 0.3) is 0 Å². The number of hydrogen-bond acceptors (Lipinski definition) is 3. The summed E-state index contributed by atoms with van der Waals surface area (Å²) in [6, 6.07) is 2.87. The fourth-order valence-corrected chi connectivity index (χ4v) is 2.51. The van der Waals surface area contributed by atoms with Crippen LogP contribution >= 0.6 is 0 Å². The number of nitrogens with one attached hydrogen (secondary N) is 1. The van der Waals surface area contributed by atoms with Gasteiger partial charge in [-0.1, -0.05) is 0 Å². The number of rotatable bonds is 4. The summed E-state index contributed by atoms with van der Waals surface area (Å²) in [7, 11) is 1.50. The highest BCUT2D eigenvalue weighted by atomic mass is 19.2. The number of Topliss-reactive ketones (excluding diaryl/α,β-unsaturated/α-hetero) is 1. The molecule has 0 atom stereocenters. The fraction of sp³-hybridized carbons (Fsp3) is 0.188. The van der Waals surface area contributed by atoms with E-state index in [2.05, 4.69) is 5.32 Å². The third-order valence-corrected chi connectivity index (χ3v) is 3.74. The molecule has 0 saturated heterocycles. The molecule has 24 heavy (non-hydrogen) atoms. The third-order valence-electron chi connectivity index (χ3n) is 3.74. The van der Waals surface area contributed by atoms with E-state index in [1.807, 2.05) is 0 Å². The van der Waals surface area contributed by atoms with Crippen molar-refractivity contribution in [2.45, 2.75) is 13.8 Å². The van der Waals surface area contributed by atoms with Gasteiger partial charge in [0.1, 0.15) is 5.69 Å². The number of carbonyl (C=O) groups is 3. The largest absolute Gasteiger partial charge is 0.475 e. The van der Waals surface area contributed by atoms with Crippen molar-refractivity contribution >= 4 is 23.3 Å². The van der Waals surface area contributed by atoms with E-state index in [1.54, 1.807) is 0 Å². The molecule has 0 unspecified atom stereocenters. The van der Waals surface area contributed by atoms with Crippen molar-refractivity contribution in [1.29, 1.82) is 0 Å². The Morgan fingerprint density at radius 1 is 1.12 bits per heavy atom. The number of carboxylic acids is 1. The van der Waals surface area contributed by atoms with Gasteiger partial charge in [0.25, 0.3) is 11.7 Å². The van der Waals surface area contributed by atoms with E-state index in [0.29, 0.717) is 5.69 Å². The van der Waals surface area contributed by atoms with Gasteiger partial charge in [0.2, 0.25) is 0 Å². The van der Waals surface area contributed by atoms with E-state index < -0.39 is 29.3 Å². The zero-order chi connectivity index (χ0) is 18.2. The number of benzene rings is 1. The second-order valence-corrected chi connectivity index (χ2v) is 5.21. The number of carbonyl (C=O) groups excluding carboxylic acids is 2. The molecule has 126 valence electrons. The highest BCUT2D eigenvalue weighted by molar-refractivity contribution is 6.40. The van der Waals surface area contributed by atoms with E-state index in [-0.39, 0.29) is 22.5 Å². The van der Waals surface area contributed by atoms with Gasteiger partial charge in [-0.15, -0.1) is 0 Å². The van der Waals surface area contributed by atoms with Crippen LogP contribution in [0.15, 0.2) is 18.2 Å².